The number of nitrogens with zero attached hydrogens (tertiary/aromatic N) is 1. The zero-order valence-electron chi connectivity index (χ0n) is 23.2. The normalized spacial score (nSPS) is 17.3. The predicted octanol–water partition coefficient (Wildman–Crippen LogP) is 3.27. The lowest BCUT2D eigenvalue weighted by Gasteiger charge is -2.35. The molecule has 0 bridgehead atoms. The summed E-state index contributed by atoms with van der Waals surface area (Å²) in [5.74, 6) is -4.96. The van der Waals surface area contributed by atoms with Crippen molar-refractivity contribution < 1.29 is 38.2 Å². The molecule has 2 aromatic rings. The van der Waals surface area contributed by atoms with E-state index in [1.165, 1.54) is 4.90 Å². The fourth-order valence-corrected chi connectivity index (χ4v) is 4.16. The van der Waals surface area contributed by atoms with Gasteiger partial charge in [0.15, 0.2) is 0 Å². The van der Waals surface area contributed by atoms with Gasteiger partial charge in [-0.05, 0) is 66.5 Å². The van der Waals surface area contributed by atoms with Crippen LogP contribution in [0.25, 0.3) is 10.9 Å². The van der Waals surface area contributed by atoms with Crippen LogP contribution in [0.2, 0.25) is 0 Å². The third-order valence-electron chi connectivity index (χ3n) is 6.47. The van der Waals surface area contributed by atoms with Gasteiger partial charge in [-0.25, -0.2) is 4.79 Å². The number of hydrogen-bond acceptors (Lipinski definition) is 8. The number of esters is 3. The predicted molar refractivity (Wildman–Crippen MR) is 138 cm³/mol. The average Bonchev–Trinajstić information content (AvgIpc) is 3.23. The van der Waals surface area contributed by atoms with E-state index >= 15 is 0 Å². The molecule has 3 rings (SSSR count). The molecule has 0 fully saturated rings. The summed E-state index contributed by atoms with van der Waals surface area (Å²) in [7, 11) is 1.04. The minimum Gasteiger partial charge on any atom is -0.466 e. The van der Waals surface area contributed by atoms with Gasteiger partial charge in [0.1, 0.15) is 0 Å². The summed E-state index contributed by atoms with van der Waals surface area (Å²) < 4.78 is 15.5. The number of rotatable bonds is 6. The number of methoxy groups -OCH3 is 1. The summed E-state index contributed by atoms with van der Waals surface area (Å²) in [5.41, 5.74) is 0.651. The highest BCUT2D eigenvalue weighted by atomic mass is 16.6. The van der Waals surface area contributed by atoms with Gasteiger partial charge in [0.05, 0.1) is 24.0 Å². The van der Waals surface area contributed by atoms with Gasteiger partial charge >= 0.3 is 17.9 Å². The molecule has 10 nitrogen and oxygen atoms in total. The van der Waals surface area contributed by atoms with Gasteiger partial charge in [-0.15, -0.1) is 0 Å². The van der Waals surface area contributed by atoms with Gasteiger partial charge < -0.3 is 24.1 Å². The lowest BCUT2D eigenvalue weighted by molar-refractivity contribution is -0.190. The van der Waals surface area contributed by atoms with Crippen LogP contribution in [-0.2, 0) is 44.6 Å². The Labute approximate surface area is 222 Å². The molecule has 1 aliphatic rings. The van der Waals surface area contributed by atoms with Crippen LogP contribution in [-0.4, -0.2) is 65.3 Å². The van der Waals surface area contributed by atoms with Crippen LogP contribution in [0, 0.1) is 10.8 Å². The number of ether oxygens (including phenoxy) is 3. The molecule has 0 spiro atoms. The molecule has 1 N–H and O–H groups in total. The zero-order chi connectivity index (χ0) is 28.6. The Bertz CT molecular complexity index is 1260. The van der Waals surface area contributed by atoms with Crippen LogP contribution in [0.3, 0.4) is 0 Å². The first-order valence-electron chi connectivity index (χ1n) is 12.5. The average molecular weight is 529 g/mol. The second-order valence-corrected chi connectivity index (χ2v) is 11.5. The second-order valence-electron chi connectivity index (χ2n) is 11.5. The number of nitrogens with one attached hydrogen (secondary N) is 1. The van der Waals surface area contributed by atoms with Gasteiger partial charge in [-0.2, -0.15) is 0 Å². The fourth-order valence-electron chi connectivity index (χ4n) is 4.16. The van der Waals surface area contributed by atoms with Crippen molar-refractivity contribution in [3.05, 3.63) is 35.5 Å². The van der Waals surface area contributed by atoms with Crippen LogP contribution in [0.15, 0.2) is 24.3 Å². The van der Waals surface area contributed by atoms with E-state index < -0.39 is 58.7 Å². The highest BCUT2D eigenvalue weighted by Crippen LogP contribution is 2.34. The standard InChI is InChI=1S/C28H36N2O8/c1-15-19-17(16-11-9-10-12-18(16)29-19)13-14-30(15)23(32)20(31)21(37-25(34)27(2,3)4)22(24(33)36-8)38-26(35)28(5,6)7/h9-12,15,21-22,29H,13-14H2,1-8H3/t15-,21-,22-/m1/s1. The van der Waals surface area contributed by atoms with Crippen molar-refractivity contribution in [1.29, 1.82) is 0 Å². The van der Waals surface area contributed by atoms with Gasteiger partial charge in [-0.3, -0.25) is 19.2 Å². The number of amides is 1. The lowest BCUT2D eigenvalue weighted by atomic mass is 9.95. The molecule has 0 unspecified atom stereocenters. The molecular weight excluding hydrogens is 492 g/mol. The molecule has 0 saturated heterocycles. The smallest absolute Gasteiger partial charge is 0.351 e. The molecule has 0 saturated carbocycles. The summed E-state index contributed by atoms with van der Waals surface area (Å²) in [5, 5.41) is 1.05. The number of carbonyl (C=O) groups is 5. The zero-order valence-corrected chi connectivity index (χ0v) is 23.2. The van der Waals surface area contributed by atoms with Crippen LogP contribution in [0.5, 0.6) is 0 Å². The van der Waals surface area contributed by atoms with Crippen molar-refractivity contribution >= 4 is 40.5 Å². The first-order chi connectivity index (χ1) is 17.6. The van der Waals surface area contributed by atoms with Crippen LogP contribution < -0.4 is 0 Å². The molecular formula is C28H36N2O8. The molecule has 2 heterocycles. The SMILES string of the molecule is COC(=O)[C@H](OC(=O)C(C)(C)C)[C@H](OC(=O)C(C)(C)C)C(=O)C(=O)N1CCc2c([nH]c3ccccc23)[C@H]1C. The molecule has 1 aromatic carbocycles. The van der Waals surface area contributed by atoms with E-state index in [1.807, 2.05) is 24.3 Å². The van der Waals surface area contributed by atoms with E-state index in [-0.39, 0.29) is 6.54 Å². The molecule has 3 atom stereocenters. The number of ketones is 1. The van der Waals surface area contributed by atoms with Crippen molar-refractivity contribution in [2.24, 2.45) is 10.8 Å². The Morgan fingerprint density at radius 1 is 0.921 bits per heavy atom. The molecule has 0 aliphatic carbocycles. The Hall–Kier alpha value is -3.69. The van der Waals surface area contributed by atoms with Crippen LogP contribution in [0.4, 0.5) is 0 Å². The Kier molecular flexibility index (Phi) is 8.04. The van der Waals surface area contributed by atoms with Crippen LogP contribution in [0.1, 0.15) is 65.8 Å². The van der Waals surface area contributed by atoms with Crippen molar-refractivity contribution in [2.45, 2.75) is 73.1 Å². The molecule has 0 radical (unpaired) electrons. The molecule has 206 valence electrons. The van der Waals surface area contributed by atoms with Crippen molar-refractivity contribution in [3.63, 3.8) is 0 Å². The summed E-state index contributed by atoms with van der Waals surface area (Å²) in [6.45, 7) is 11.3. The van der Waals surface area contributed by atoms with Gasteiger partial charge in [0.25, 0.3) is 11.7 Å². The number of para-hydroxylation sites is 1. The van der Waals surface area contributed by atoms with E-state index in [1.54, 1.807) is 48.5 Å². The maximum Gasteiger partial charge on any atom is 0.351 e. The summed E-state index contributed by atoms with van der Waals surface area (Å²) >= 11 is 0. The third kappa shape index (κ3) is 5.74. The van der Waals surface area contributed by atoms with Gasteiger partial charge in [0, 0.05) is 23.1 Å². The number of aromatic amines is 1. The van der Waals surface area contributed by atoms with Gasteiger partial charge in [-0.1, -0.05) is 18.2 Å². The number of carbonyl (C=O) groups excluding carboxylic acids is 5. The van der Waals surface area contributed by atoms with Crippen molar-refractivity contribution in [1.82, 2.24) is 9.88 Å². The molecule has 1 aliphatic heterocycles. The van der Waals surface area contributed by atoms with E-state index in [0.29, 0.717) is 6.42 Å². The van der Waals surface area contributed by atoms with E-state index in [0.717, 1.165) is 29.3 Å². The minimum atomic E-state index is -2.02. The Balaban J connectivity index is 1.98. The maximum atomic E-state index is 13.6. The summed E-state index contributed by atoms with van der Waals surface area (Å²) in [6.07, 6.45) is -3.49. The number of Topliss-reactive ketones (excluding diaryl/α,β-unsaturated/α-hetero) is 1. The monoisotopic (exact) mass is 528 g/mol. The number of aromatic nitrogens is 1. The first kappa shape index (κ1) is 28.9. The Morgan fingerprint density at radius 2 is 1.47 bits per heavy atom. The number of H-pyrrole nitrogens is 1. The second kappa shape index (κ2) is 10.6. The van der Waals surface area contributed by atoms with Gasteiger partial charge in [0.2, 0.25) is 12.2 Å². The van der Waals surface area contributed by atoms with Crippen molar-refractivity contribution in [3.8, 4) is 0 Å². The topological polar surface area (TPSA) is 132 Å². The number of fused-ring (bicyclic) bond motifs is 3. The molecule has 38 heavy (non-hydrogen) atoms. The summed E-state index contributed by atoms with van der Waals surface area (Å²) in [6, 6.07) is 7.26. The van der Waals surface area contributed by atoms with Crippen molar-refractivity contribution in [2.75, 3.05) is 13.7 Å². The minimum absolute atomic E-state index is 0.227. The van der Waals surface area contributed by atoms with E-state index in [2.05, 4.69) is 4.98 Å². The molecule has 1 aromatic heterocycles. The van der Waals surface area contributed by atoms with E-state index in [4.69, 9.17) is 14.2 Å². The number of hydrogen-bond donors (Lipinski definition) is 1. The fraction of sp³-hybridized carbons (Fsp3) is 0.536. The maximum absolute atomic E-state index is 13.6. The molecule has 10 heteroatoms. The first-order valence-corrected chi connectivity index (χ1v) is 12.5. The van der Waals surface area contributed by atoms with Crippen LogP contribution >= 0.6 is 0 Å². The number of benzene rings is 1. The quantitative estimate of drug-likeness (QED) is 0.343. The third-order valence-corrected chi connectivity index (χ3v) is 6.47. The lowest BCUT2D eigenvalue weighted by Crippen LogP contribution is -2.54. The highest BCUT2D eigenvalue weighted by molar-refractivity contribution is 6.38. The largest absolute Gasteiger partial charge is 0.466 e. The summed E-state index contributed by atoms with van der Waals surface area (Å²) in [4.78, 5) is 70.1. The highest BCUT2D eigenvalue weighted by Gasteiger charge is 2.48. The molecule has 1 amide bonds. The Morgan fingerprint density at radius 3 is 2.03 bits per heavy atom. The van der Waals surface area contributed by atoms with E-state index in [9.17, 15) is 24.0 Å².